The molecular weight excluding hydrogens is 350 g/mol. The minimum absolute atomic E-state index is 0.500. The van der Waals surface area contributed by atoms with Crippen LogP contribution in [0.2, 0.25) is 0 Å². The lowest BCUT2D eigenvalue weighted by atomic mass is 10.2. The Morgan fingerprint density at radius 1 is 1.23 bits per heavy atom. The molecule has 0 aliphatic heterocycles. The van der Waals surface area contributed by atoms with Crippen LogP contribution in [0.4, 0.5) is 10.5 Å². The van der Waals surface area contributed by atoms with Crippen molar-refractivity contribution < 1.29 is 14.3 Å². The van der Waals surface area contributed by atoms with Crippen LogP contribution in [0, 0.1) is 11.3 Å². The maximum Gasteiger partial charge on any atom is 0.329 e. The second kappa shape index (κ2) is 9.59. The lowest BCUT2D eigenvalue weighted by Gasteiger charge is -2.21. The summed E-state index contributed by atoms with van der Waals surface area (Å²) in [6, 6.07) is 15.1. The van der Waals surface area contributed by atoms with E-state index in [0.717, 1.165) is 17.1 Å². The Kier molecular flexibility index (Phi) is 7.18. The van der Waals surface area contributed by atoms with Gasteiger partial charge in [0.1, 0.15) is 11.5 Å². The summed E-state index contributed by atoms with van der Waals surface area (Å²) >= 11 is 4.05. The maximum atomic E-state index is 11.3. The molecule has 0 aliphatic carbocycles. The Balaban J connectivity index is 2.12. The van der Waals surface area contributed by atoms with E-state index in [2.05, 4.69) is 25.8 Å². The molecule has 136 valence electrons. The van der Waals surface area contributed by atoms with Crippen molar-refractivity contribution in [3.05, 3.63) is 54.1 Å². The molecule has 7 heteroatoms. The standard InChI is InChI=1S/C19H21N3O3S/c1-2-3-7-18(24-16-10-8-14(13-20)9-11-16)25-17-6-4-5-15(12-17)22(26)19(21)23/h4-6,8-12,18,26H,2-3,7H2,1H3,(H2,21,23). The van der Waals surface area contributed by atoms with Crippen LogP contribution in [0.3, 0.4) is 0 Å². The first kappa shape index (κ1) is 19.5. The summed E-state index contributed by atoms with van der Waals surface area (Å²) in [6.45, 7) is 2.09. The number of ether oxygens (including phenoxy) is 2. The van der Waals surface area contributed by atoms with E-state index in [9.17, 15) is 4.79 Å². The van der Waals surface area contributed by atoms with E-state index >= 15 is 0 Å². The predicted molar refractivity (Wildman–Crippen MR) is 103 cm³/mol. The second-order valence-electron chi connectivity index (χ2n) is 5.59. The molecule has 0 saturated carbocycles. The SMILES string of the molecule is CCCCC(Oc1ccc(C#N)cc1)Oc1cccc(N(S)C(N)=O)c1. The number of rotatable bonds is 8. The predicted octanol–water partition coefficient (Wildman–Crippen LogP) is 4.26. The summed E-state index contributed by atoms with van der Waals surface area (Å²) in [4.78, 5) is 11.3. The van der Waals surface area contributed by atoms with E-state index in [1.54, 1.807) is 48.5 Å². The average Bonchev–Trinajstić information content (AvgIpc) is 2.66. The normalized spacial score (nSPS) is 11.3. The number of urea groups is 1. The van der Waals surface area contributed by atoms with Gasteiger partial charge in [0.15, 0.2) is 0 Å². The zero-order valence-corrected chi connectivity index (χ0v) is 15.4. The highest BCUT2D eigenvalue weighted by Crippen LogP contribution is 2.25. The van der Waals surface area contributed by atoms with Crippen LogP contribution < -0.4 is 19.5 Å². The van der Waals surface area contributed by atoms with Gasteiger partial charge in [-0.2, -0.15) is 5.26 Å². The Morgan fingerprint density at radius 2 is 1.92 bits per heavy atom. The molecule has 2 rings (SSSR count). The highest BCUT2D eigenvalue weighted by Gasteiger charge is 2.14. The summed E-state index contributed by atoms with van der Waals surface area (Å²) < 4.78 is 12.9. The summed E-state index contributed by atoms with van der Waals surface area (Å²) in [5.41, 5.74) is 6.30. The van der Waals surface area contributed by atoms with Crippen LogP contribution in [-0.4, -0.2) is 12.3 Å². The molecule has 2 aromatic rings. The van der Waals surface area contributed by atoms with Crippen molar-refractivity contribution in [2.75, 3.05) is 4.31 Å². The van der Waals surface area contributed by atoms with Gasteiger partial charge in [0.25, 0.3) is 0 Å². The van der Waals surface area contributed by atoms with E-state index in [0.29, 0.717) is 29.2 Å². The number of nitrogens with zero attached hydrogens (tertiary/aromatic N) is 2. The summed E-state index contributed by atoms with van der Waals surface area (Å²) in [6.07, 6.45) is 2.13. The van der Waals surface area contributed by atoms with Gasteiger partial charge in [-0.1, -0.05) is 32.2 Å². The van der Waals surface area contributed by atoms with Crippen molar-refractivity contribution >= 4 is 24.5 Å². The molecule has 1 atom stereocenters. The van der Waals surface area contributed by atoms with Gasteiger partial charge < -0.3 is 15.2 Å². The minimum atomic E-state index is -0.679. The number of nitrogens with two attached hydrogens (primary N) is 1. The maximum absolute atomic E-state index is 11.3. The van der Waals surface area contributed by atoms with Crippen molar-refractivity contribution in [3.8, 4) is 17.6 Å². The van der Waals surface area contributed by atoms with Crippen LogP contribution in [0.25, 0.3) is 0 Å². The molecule has 0 saturated heterocycles. The van der Waals surface area contributed by atoms with E-state index in [4.69, 9.17) is 20.5 Å². The van der Waals surface area contributed by atoms with Crippen molar-refractivity contribution in [2.45, 2.75) is 32.5 Å². The second-order valence-corrected chi connectivity index (χ2v) is 5.99. The van der Waals surface area contributed by atoms with Gasteiger partial charge >= 0.3 is 6.03 Å². The smallest absolute Gasteiger partial charge is 0.329 e. The number of carbonyl (C=O) groups excluding carboxylic acids is 1. The van der Waals surface area contributed by atoms with Gasteiger partial charge in [-0.15, -0.1) is 0 Å². The summed E-state index contributed by atoms with van der Waals surface area (Å²) in [5, 5.41) is 8.87. The molecule has 0 radical (unpaired) electrons. The lowest BCUT2D eigenvalue weighted by Crippen LogP contribution is -2.27. The van der Waals surface area contributed by atoms with Crippen LogP contribution in [0.1, 0.15) is 31.7 Å². The quantitative estimate of drug-likeness (QED) is 0.536. The van der Waals surface area contributed by atoms with Crippen molar-refractivity contribution in [3.63, 3.8) is 0 Å². The number of anilines is 1. The molecule has 26 heavy (non-hydrogen) atoms. The molecule has 0 aliphatic rings. The Morgan fingerprint density at radius 3 is 2.54 bits per heavy atom. The molecule has 0 aromatic heterocycles. The van der Waals surface area contributed by atoms with E-state index < -0.39 is 12.3 Å². The molecule has 0 bridgehead atoms. The highest BCUT2D eigenvalue weighted by atomic mass is 32.1. The number of benzene rings is 2. The molecule has 1 unspecified atom stereocenters. The number of amides is 2. The van der Waals surface area contributed by atoms with Gasteiger partial charge in [0, 0.05) is 12.5 Å². The zero-order chi connectivity index (χ0) is 18.9. The lowest BCUT2D eigenvalue weighted by molar-refractivity contribution is -0.00207. The molecule has 2 N–H and O–H groups in total. The first-order valence-electron chi connectivity index (χ1n) is 8.25. The number of nitriles is 1. The van der Waals surface area contributed by atoms with Crippen LogP contribution in [-0.2, 0) is 0 Å². The average molecular weight is 371 g/mol. The third kappa shape index (κ3) is 5.60. The van der Waals surface area contributed by atoms with Gasteiger partial charge in [-0.25, -0.2) is 9.10 Å². The highest BCUT2D eigenvalue weighted by molar-refractivity contribution is 7.82. The van der Waals surface area contributed by atoms with Crippen LogP contribution >= 0.6 is 12.8 Å². The fraction of sp³-hybridized carbons (Fsp3) is 0.263. The number of primary amides is 1. The molecular formula is C19H21N3O3S. The van der Waals surface area contributed by atoms with Gasteiger partial charge in [0.05, 0.1) is 17.3 Å². The first-order valence-corrected chi connectivity index (χ1v) is 8.65. The van der Waals surface area contributed by atoms with Crippen LogP contribution in [0.5, 0.6) is 11.5 Å². The largest absolute Gasteiger partial charge is 0.455 e. The van der Waals surface area contributed by atoms with Crippen molar-refractivity contribution in [1.29, 1.82) is 5.26 Å². The topological polar surface area (TPSA) is 88.6 Å². The molecule has 0 spiro atoms. The third-order valence-corrected chi connectivity index (χ3v) is 4.01. The Labute approximate surface area is 158 Å². The van der Waals surface area contributed by atoms with Crippen LogP contribution in [0.15, 0.2) is 48.5 Å². The number of hydrogen-bond donors (Lipinski definition) is 2. The fourth-order valence-corrected chi connectivity index (χ4v) is 2.36. The third-order valence-electron chi connectivity index (χ3n) is 3.58. The molecule has 0 fully saturated rings. The molecule has 2 amide bonds. The summed E-state index contributed by atoms with van der Waals surface area (Å²) in [7, 11) is 0. The molecule has 6 nitrogen and oxygen atoms in total. The molecule has 0 heterocycles. The van der Waals surface area contributed by atoms with E-state index in [1.165, 1.54) is 0 Å². The first-order chi connectivity index (χ1) is 12.5. The fourth-order valence-electron chi connectivity index (χ4n) is 2.24. The number of unbranched alkanes of at least 4 members (excludes halogenated alkanes) is 1. The zero-order valence-electron chi connectivity index (χ0n) is 14.5. The monoisotopic (exact) mass is 371 g/mol. The number of hydrogen-bond acceptors (Lipinski definition) is 5. The van der Waals surface area contributed by atoms with Gasteiger partial charge in [-0.3, -0.25) is 0 Å². The summed E-state index contributed by atoms with van der Waals surface area (Å²) in [5.74, 6) is 1.16. The molecule has 2 aromatic carbocycles. The Hall–Kier alpha value is -2.85. The number of carbonyl (C=O) groups is 1. The van der Waals surface area contributed by atoms with Gasteiger partial charge in [0.2, 0.25) is 6.29 Å². The van der Waals surface area contributed by atoms with Gasteiger partial charge in [-0.05, 0) is 42.8 Å². The van der Waals surface area contributed by atoms with E-state index in [1.807, 2.05) is 0 Å². The van der Waals surface area contributed by atoms with Crippen molar-refractivity contribution in [2.24, 2.45) is 5.73 Å². The minimum Gasteiger partial charge on any atom is -0.455 e. The van der Waals surface area contributed by atoms with E-state index in [-0.39, 0.29) is 0 Å². The number of thiol groups is 1. The van der Waals surface area contributed by atoms with Crippen molar-refractivity contribution in [1.82, 2.24) is 0 Å². The Bertz CT molecular complexity index is 774.